The lowest BCUT2D eigenvalue weighted by molar-refractivity contribution is -0.123. The maximum absolute atomic E-state index is 12.8. The smallest absolute Gasteiger partial charge is 0.269 e. The number of nitrogens with one attached hydrogen (secondary N) is 3. The van der Waals surface area contributed by atoms with Crippen LogP contribution in [-0.4, -0.2) is 23.8 Å². The maximum Gasteiger partial charge on any atom is 0.269 e. The van der Waals surface area contributed by atoms with Crippen molar-refractivity contribution in [3.05, 3.63) is 70.5 Å². The highest BCUT2D eigenvalue weighted by Gasteiger charge is 2.18. The summed E-state index contributed by atoms with van der Waals surface area (Å²) in [5.74, 6) is -2.23. The van der Waals surface area contributed by atoms with Crippen LogP contribution in [0.2, 0.25) is 5.02 Å². The van der Waals surface area contributed by atoms with Crippen LogP contribution in [0.1, 0.15) is 27.6 Å². The van der Waals surface area contributed by atoms with E-state index in [1.54, 1.807) is 18.2 Å². The van der Waals surface area contributed by atoms with E-state index in [1.807, 2.05) is 0 Å². The van der Waals surface area contributed by atoms with Crippen LogP contribution in [-0.2, 0) is 4.79 Å². The lowest BCUT2D eigenvalue weighted by Gasteiger charge is -2.15. The van der Waals surface area contributed by atoms with Crippen LogP contribution >= 0.6 is 11.6 Å². The molecule has 3 N–H and O–H groups in total. The zero-order chi connectivity index (χ0) is 18.4. The van der Waals surface area contributed by atoms with Gasteiger partial charge in [0.1, 0.15) is 11.9 Å². The molecule has 1 atom stereocenters. The van der Waals surface area contributed by atoms with Crippen molar-refractivity contribution < 1.29 is 18.8 Å². The lowest BCUT2D eigenvalue weighted by Crippen LogP contribution is -2.51. The molecule has 0 saturated heterocycles. The van der Waals surface area contributed by atoms with Gasteiger partial charge in [0.25, 0.3) is 17.7 Å². The van der Waals surface area contributed by atoms with Crippen molar-refractivity contribution in [2.75, 3.05) is 0 Å². The highest BCUT2D eigenvalue weighted by Crippen LogP contribution is 2.14. The second-order valence-corrected chi connectivity index (χ2v) is 5.53. The molecule has 0 heterocycles. The fraction of sp³-hybridized carbons (Fsp3) is 0.118. The minimum Gasteiger partial charge on any atom is -0.340 e. The zero-order valence-electron chi connectivity index (χ0n) is 13.2. The first-order chi connectivity index (χ1) is 11.9. The first kappa shape index (κ1) is 18.4. The van der Waals surface area contributed by atoms with Gasteiger partial charge < -0.3 is 5.32 Å². The number of hydrogen-bond acceptors (Lipinski definition) is 3. The number of hydrazine groups is 1. The first-order valence-corrected chi connectivity index (χ1v) is 7.67. The SMILES string of the molecule is C[C@H](NC(=O)c1ccccc1Cl)C(=O)NNC(=O)c1ccc(F)cc1. The predicted molar refractivity (Wildman–Crippen MR) is 90.4 cm³/mol. The van der Waals surface area contributed by atoms with Crippen molar-refractivity contribution >= 4 is 29.3 Å². The third kappa shape index (κ3) is 5.02. The van der Waals surface area contributed by atoms with E-state index in [-0.39, 0.29) is 16.1 Å². The molecule has 25 heavy (non-hydrogen) atoms. The third-order valence-corrected chi connectivity index (χ3v) is 3.59. The van der Waals surface area contributed by atoms with Crippen LogP contribution in [0.5, 0.6) is 0 Å². The molecule has 6 nitrogen and oxygen atoms in total. The number of carbonyl (C=O) groups is 3. The zero-order valence-corrected chi connectivity index (χ0v) is 13.9. The van der Waals surface area contributed by atoms with E-state index in [2.05, 4.69) is 16.2 Å². The molecule has 2 aromatic rings. The number of carbonyl (C=O) groups excluding carboxylic acids is 3. The Morgan fingerprint density at radius 2 is 1.60 bits per heavy atom. The molecule has 8 heteroatoms. The van der Waals surface area contributed by atoms with Crippen molar-refractivity contribution in [1.82, 2.24) is 16.2 Å². The standard InChI is InChI=1S/C17H15ClFN3O3/c1-10(20-17(25)13-4-2-3-5-14(13)18)15(23)21-22-16(24)11-6-8-12(19)9-7-11/h2-10H,1H3,(H,20,25)(H,21,23)(H,22,24)/t10-/m0/s1. The van der Waals surface area contributed by atoms with Gasteiger partial charge in [0.2, 0.25) is 0 Å². The Kier molecular flexibility index (Phi) is 6.08. The van der Waals surface area contributed by atoms with Gasteiger partial charge in [-0.3, -0.25) is 25.2 Å². The van der Waals surface area contributed by atoms with Crippen LogP contribution in [0.3, 0.4) is 0 Å². The minimum absolute atomic E-state index is 0.175. The monoisotopic (exact) mass is 363 g/mol. The van der Waals surface area contributed by atoms with Crippen molar-refractivity contribution in [2.24, 2.45) is 0 Å². The van der Waals surface area contributed by atoms with Gasteiger partial charge in [-0.15, -0.1) is 0 Å². The maximum atomic E-state index is 12.8. The molecule has 130 valence electrons. The molecular formula is C17H15ClFN3O3. The second kappa shape index (κ2) is 8.25. The third-order valence-electron chi connectivity index (χ3n) is 3.27. The highest BCUT2D eigenvalue weighted by molar-refractivity contribution is 6.33. The topological polar surface area (TPSA) is 87.3 Å². The Hall–Kier alpha value is -2.93. The van der Waals surface area contributed by atoms with E-state index in [0.29, 0.717) is 0 Å². The number of halogens is 2. The molecule has 2 aromatic carbocycles. The summed E-state index contributed by atoms with van der Waals surface area (Å²) >= 11 is 5.92. The Bertz CT molecular complexity index is 796. The molecule has 2 rings (SSSR count). The van der Waals surface area contributed by atoms with Gasteiger partial charge >= 0.3 is 0 Å². The molecule has 3 amide bonds. The summed E-state index contributed by atoms with van der Waals surface area (Å²) in [6.07, 6.45) is 0. The Morgan fingerprint density at radius 1 is 0.960 bits per heavy atom. The van der Waals surface area contributed by atoms with E-state index < -0.39 is 29.6 Å². The molecule has 0 fully saturated rings. The molecule has 0 aliphatic carbocycles. The predicted octanol–water partition coefficient (Wildman–Crippen LogP) is 2.06. The molecule has 0 spiro atoms. The summed E-state index contributed by atoms with van der Waals surface area (Å²) in [6.45, 7) is 1.45. The fourth-order valence-corrected chi connectivity index (χ4v) is 2.11. The second-order valence-electron chi connectivity index (χ2n) is 5.13. The van der Waals surface area contributed by atoms with E-state index in [9.17, 15) is 18.8 Å². The first-order valence-electron chi connectivity index (χ1n) is 7.29. The Balaban J connectivity index is 1.88. The van der Waals surface area contributed by atoms with Gasteiger partial charge in [-0.25, -0.2) is 4.39 Å². The van der Waals surface area contributed by atoms with Gasteiger partial charge in [-0.1, -0.05) is 23.7 Å². The summed E-state index contributed by atoms with van der Waals surface area (Å²) in [5.41, 5.74) is 4.78. The van der Waals surface area contributed by atoms with E-state index in [4.69, 9.17) is 11.6 Å². The van der Waals surface area contributed by atoms with Gasteiger partial charge in [-0.05, 0) is 43.3 Å². The van der Waals surface area contributed by atoms with Crippen LogP contribution in [0, 0.1) is 5.82 Å². The van der Waals surface area contributed by atoms with Gasteiger partial charge in [-0.2, -0.15) is 0 Å². The van der Waals surface area contributed by atoms with E-state index >= 15 is 0 Å². The quantitative estimate of drug-likeness (QED) is 0.727. The van der Waals surface area contributed by atoms with Gasteiger partial charge in [0.15, 0.2) is 0 Å². The molecule has 0 aliphatic rings. The fourth-order valence-electron chi connectivity index (χ4n) is 1.89. The van der Waals surface area contributed by atoms with Crippen molar-refractivity contribution in [2.45, 2.75) is 13.0 Å². The minimum atomic E-state index is -0.919. The summed E-state index contributed by atoms with van der Waals surface area (Å²) < 4.78 is 12.8. The summed E-state index contributed by atoms with van der Waals surface area (Å²) in [7, 11) is 0. The molecule has 0 radical (unpaired) electrons. The number of rotatable bonds is 4. The van der Waals surface area contributed by atoms with Crippen molar-refractivity contribution in [3.63, 3.8) is 0 Å². The van der Waals surface area contributed by atoms with Crippen LogP contribution < -0.4 is 16.2 Å². The molecule has 0 bridgehead atoms. The van der Waals surface area contributed by atoms with Crippen molar-refractivity contribution in [3.8, 4) is 0 Å². The summed E-state index contributed by atoms with van der Waals surface area (Å²) in [4.78, 5) is 35.8. The average Bonchev–Trinajstić information content (AvgIpc) is 2.60. The average molecular weight is 364 g/mol. The summed E-state index contributed by atoms with van der Waals surface area (Å²) in [6, 6.07) is 10.3. The molecule has 0 aromatic heterocycles. The number of amides is 3. The van der Waals surface area contributed by atoms with Crippen LogP contribution in [0.25, 0.3) is 0 Å². The molecule has 0 saturated carbocycles. The van der Waals surface area contributed by atoms with Crippen LogP contribution in [0.4, 0.5) is 4.39 Å². The summed E-state index contributed by atoms with van der Waals surface area (Å²) in [5, 5.41) is 2.73. The van der Waals surface area contributed by atoms with Crippen LogP contribution in [0.15, 0.2) is 48.5 Å². The number of hydrogen-bond donors (Lipinski definition) is 3. The Labute approximate surface area is 148 Å². The highest BCUT2D eigenvalue weighted by atomic mass is 35.5. The van der Waals surface area contributed by atoms with Gasteiger partial charge in [0.05, 0.1) is 10.6 Å². The Morgan fingerprint density at radius 3 is 2.24 bits per heavy atom. The lowest BCUT2D eigenvalue weighted by atomic mass is 10.2. The van der Waals surface area contributed by atoms with Gasteiger partial charge in [0, 0.05) is 5.56 Å². The van der Waals surface area contributed by atoms with E-state index in [1.165, 1.54) is 25.1 Å². The number of benzene rings is 2. The normalized spacial score (nSPS) is 11.3. The molecular weight excluding hydrogens is 349 g/mol. The molecule has 0 aliphatic heterocycles. The molecule has 0 unspecified atom stereocenters. The van der Waals surface area contributed by atoms with E-state index in [0.717, 1.165) is 12.1 Å². The largest absolute Gasteiger partial charge is 0.340 e. The van der Waals surface area contributed by atoms with Crippen molar-refractivity contribution in [1.29, 1.82) is 0 Å².